The van der Waals surface area contributed by atoms with Crippen molar-refractivity contribution in [1.29, 1.82) is 0 Å². The largest absolute Gasteiger partial charge is 0.477 e. The van der Waals surface area contributed by atoms with E-state index in [-0.39, 0.29) is 11.4 Å². The van der Waals surface area contributed by atoms with Crippen molar-refractivity contribution in [2.45, 2.75) is 32.2 Å². The number of carboxylic acid groups (broad SMARTS) is 2. The van der Waals surface area contributed by atoms with Crippen molar-refractivity contribution >= 4 is 11.9 Å². The number of carboxylic acids is 2. The van der Waals surface area contributed by atoms with Crippen molar-refractivity contribution in [3.05, 3.63) is 23.0 Å². The van der Waals surface area contributed by atoms with E-state index in [2.05, 4.69) is 15.5 Å². The zero-order chi connectivity index (χ0) is 16.3. The molecule has 2 rings (SSSR count). The fourth-order valence-electron chi connectivity index (χ4n) is 3.45. The molecule has 0 radical (unpaired) electrons. The van der Waals surface area contributed by atoms with E-state index >= 15 is 0 Å². The highest BCUT2D eigenvalue weighted by molar-refractivity contribution is 5.94. The van der Waals surface area contributed by atoms with Gasteiger partial charge in [0.1, 0.15) is 11.4 Å². The fraction of sp³-hybridized carbons (Fsp3) is 0.600. The predicted octanol–water partition coefficient (Wildman–Crippen LogP) is 0.361. The Labute approximate surface area is 129 Å². The third-order valence-corrected chi connectivity index (χ3v) is 4.49. The number of dihydropyridines is 1. The maximum atomic E-state index is 11.6. The second kappa shape index (κ2) is 6.50. The first kappa shape index (κ1) is 16.5. The molecule has 0 spiro atoms. The summed E-state index contributed by atoms with van der Waals surface area (Å²) < 4.78 is 0. The lowest BCUT2D eigenvalue weighted by Crippen LogP contribution is -2.58. The van der Waals surface area contributed by atoms with Gasteiger partial charge in [0.15, 0.2) is 0 Å². The third kappa shape index (κ3) is 2.74. The smallest absolute Gasteiger partial charge is 0.352 e. The van der Waals surface area contributed by atoms with E-state index in [4.69, 9.17) is 0 Å². The predicted molar refractivity (Wildman–Crippen MR) is 81.3 cm³/mol. The molecule has 1 fully saturated rings. The van der Waals surface area contributed by atoms with Crippen molar-refractivity contribution in [2.75, 3.05) is 26.2 Å². The molecule has 0 aliphatic carbocycles. The van der Waals surface area contributed by atoms with Gasteiger partial charge in [-0.05, 0) is 24.5 Å². The molecule has 0 aromatic rings. The van der Waals surface area contributed by atoms with Crippen LogP contribution in [0.15, 0.2) is 23.0 Å². The Kier molecular flexibility index (Phi) is 4.87. The Morgan fingerprint density at radius 2 is 1.86 bits per heavy atom. The van der Waals surface area contributed by atoms with Crippen LogP contribution >= 0.6 is 0 Å². The van der Waals surface area contributed by atoms with E-state index in [9.17, 15) is 19.8 Å². The van der Waals surface area contributed by atoms with Crippen molar-refractivity contribution in [3.8, 4) is 0 Å². The number of nitrogens with zero attached hydrogens (tertiary/aromatic N) is 1. The summed E-state index contributed by atoms with van der Waals surface area (Å²) in [7, 11) is 0. The Hall–Kier alpha value is -1.86. The van der Waals surface area contributed by atoms with Gasteiger partial charge in [-0.25, -0.2) is 9.59 Å². The van der Waals surface area contributed by atoms with Crippen LogP contribution in [0.25, 0.3) is 0 Å². The summed E-state index contributed by atoms with van der Waals surface area (Å²) in [5, 5.41) is 24.7. The molecule has 0 bridgehead atoms. The van der Waals surface area contributed by atoms with Crippen LogP contribution in [0.2, 0.25) is 0 Å². The molecule has 0 amide bonds. The van der Waals surface area contributed by atoms with Gasteiger partial charge < -0.3 is 20.8 Å². The number of carbonyl (C=O) groups is 2. The van der Waals surface area contributed by atoms with E-state index in [0.29, 0.717) is 12.8 Å². The van der Waals surface area contributed by atoms with Crippen LogP contribution in [0.3, 0.4) is 0 Å². The normalized spacial score (nSPS) is 26.4. The fourth-order valence-corrected chi connectivity index (χ4v) is 3.45. The highest BCUT2D eigenvalue weighted by atomic mass is 16.4. The van der Waals surface area contributed by atoms with Gasteiger partial charge in [0.2, 0.25) is 0 Å². The van der Waals surface area contributed by atoms with Gasteiger partial charge in [-0.2, -0.15) is 0 Å². The molecule has 0 aromatic carbocycles. The van der Waals surface area contributed by atoms with Gasteiger partial charge in [0.05, 0.1) is 5.54 Å². The van der Waals surface area contributed by atoms with Gasteiger partial charge >= 0.3 is 11.9 Å². The minimum absolute atomic E-state index is 0.00258. The van der Waals surface area contributed by atoms with Gasteiger partial charge in [-0.15, -0.1) is 0 Å². The molecule has 1 unspecified atom stereocenters. The van der Waals surface area contributed by atoms with E-state index in [1.807, 2.05) is 13.8 Å². The van der Waals surface area contributed by atoms with Crippen LogP contribution in [0, 0.1) is 0 Å². The number of aliphatic carboxylic acids is 2. The second-order valence-electron chi connectivity index (χ2n) is 5.52. The molecule has 1 atom stereocenters. The Morgan fingerprint density at radius 3 is 2.32 bits per heavy atom. The molecular weight excluding hydrogens is 286 g/mol. The standard InChI is InChI=1S/C15H23N3O4/c1-3-10-12(14(21)22)17-11(13(19)20)9-15(10,4-2)18-7-5-16-6-8-18/h9,16-17H,3-8H2,1-2H3,(H,19,20)(H,21,22). The SMILES string of the molecule is CCC1=C(C(=O)O)NC(C(=O)O)=CC1(CC)N1CCNCC1. The Balaban J connectivity index is 2.59. The summed E-state index contributed by atoms with van der Waals surface area (Å²) >= 11 is 0. The number of rotatable bonds is 5. The second-order valence-corrected chi connectivity index (χ2v) is 5.52. The average molecular weight is 309 g/mol. The van der Waals surface area contributed by atoms with Crippen LogP contribution < -0.4 is 10.6 Å². The summed E-state index contributed by atoms with van der Waals surface area (Å²) in [5.74, 6) is -2.25. The van der Waals surface area contributed by atoms with Gasteiger partial charge in [0.25, 0.3) is 0 Å². The van der Waals surface area contributed by atoms with E-state index in [1.54, 1.807) is 6.08 Å². The summed E-state index contributed by atoms with van der Waals surface area (Å²) in [5.41, 5.74) is 0.0379. The molecule has 2 aliphatic heterocycles. The van der Waals surface area contributed by atoms with E-state index < -0.39 is 17.5 Å². The molecule has 4 N–H and O–H groups in total. The average Bonchev–Trinajstić information content (AvgIpc) is 2.53. The van der Waals surface area contributed by atoms with Crippen LogP contribution in [-0.2, 0) is 9.59 Å². The first-order valence-corrected chi connectivity index (χ1v) is 7.62. The van der Waals surface area contributed by atoms with Crippen LogP contribution in [0.1, 0.15) is 26.7 Å². The minimum atomic E-state index is -1.14. The van der Waals surface area contributed by atoms with Crippen LogP contribution in [0.5, 0.6) is 0 Å². The van der Waals surface area contributed by atoms with E-state index in [0.717, 1.165) is 31.8 Å². The van der Waals surface area contributed by atoms with Crippen molar-refractivity contribution < 1.29 is 19.8 Å². The van der Waals surface area contributed by atoms with E-state index in [1.165, 1.54) is 0 Å². The first-order valence-electron chi connectivity index (χ1n) is 7.62. The third-order valence-electron chi connectivity index (χ3n) is 4.49. The molecule has 0 aromatic heterocycles. The zero-order valence-electron chi connectivity index (χ0n) is 13.0. The first-order chi connectivity index (χ1) is 10.5. The van der Waals surface area contributed by atoms with Gasteiger partial charge in [0, 0.05) is 26.2 Å². The molecule has 0 saturated carbocycles. The lowest BCUT2D eigenvalue weighted by molar-refractivity contribution is -0.133. The molecule has 22 heavy (non-hydrogen) atoms. The zero-order valence-corrected chi connectivity index (χ0v) is 13.0. The molecule has 122 valence electrons. The Morgan fingerprint density at radius 1 is 1.23 bits per heavy atom. The van der Waals surface area contributed by atoms with Crippen LogP contribution in [-0.4, -0.2) is 58.8 Å². The molecule has 7 heteroatoms. The number of piperazine rings is 1. The van der Waals surface area contributed by atoms with Gasteiger partial charge in [-0.3, -0.25) is 4.90 Å². The number of hydrogen-bond acceptors (Lipinski definition) is 5. The summed E-state index contributed by atoms with van der Waals surface area (Å²) in [6.45, 7) is 7.02. The monoisotopic (exact) mass is 309 g/mol. The molecular formula is C15H23N3O4. The van der Waals surface area contributed by atoms with Gasteiger partial charge in [-0.1, -0.05) is 13.8 Å². The van der Waals surface area contributed by atoms with Crippen molar-refractivity contribution in [2.24, 2.45) is 0 Å². The number of nitrogens with one attached hydrogen (secondary N) is 2. The Bertz CT molecular complexity index is 535. The van der Waals surface area contributed by atoms with Crippen molar-refractivity contribution in [1.82, 2.24) is 15.5 Å². The minimum Gasteiger partial charge on any atom is -0.477 e. The molecule has 2 aliphatic rings. The lowest BCUT2D eigenvalue weighted by Gasteiger charge is -2.47. The highest BCUT2D eigenvalue weighted by Crippen LogP contribution is 2.37. The maximum absolute atomic E-state index is 11.6. The van der Waals surface area contributed by atoms with Crippen LogP contribution in [0.4, 0.5) is 0 Å². The molecule has 1 saturated heterocycles. The summed E-state index contributed by atoms with van der Waals surface area (Å²) in [6.07, 6.45) is 2.87. The quantitative estimate of drug-likeness (QED) is 0.581. The number of hydrogen-bond donors (Lipinski definition) is 4. The highest BCUT2D eigenvalue weighted by Gasteiger charge is 2.43. The lowest BCUT2D eigenvalue weighted by atomic mass is 9.78. The van der Waals surface area contributed by atoms with Crippen molar-refractivity contribution in [3.63, 3.8) is 0 Å². The topological polar surface area (TPSA) is 102 Å². The summed E-state index contributed by atoms with van der Waals surface area (Å²) in [4.78, 5) is 25.2. The molecule has 2 heterocycles. The maximum Gasteiger partial charge on any atom is 0.352 e. The molecule has 7 nitrogen and oxygen atoms in total. The summed E-state index contributed by atoms with van der Waals surface area (Å²) in [6, 6.07) is 0.